The summed E-state index contributed by atoms with van der Waals surface area (Å²) in [6, 6.07) is 4.98. The van der Waals surface area contributed by atoms with E-state index in [1.165, 1.54) is 6.20 Å². The van der Waals surface area contributed by atoms with Crippen molar-refractivity contribution in [1.29, 1.82) is 0 Å². The second kappa shape index (κ2) is 2.98. The fourth-order valence-corrected chi connectivity index (χ4v) is 0.611. The lowest BCUT2D eigenvalue weighted by atomic mass is 10.2. The molecule has 0 amide bonds. The van der Waals surface area contributed by atoms with E-state index in [-0.39, 0.29) is 0 Å². The molecule has 0 aliphatic heterocycles. The van der Waals surface area contributed by atoms with Gasteiger partial charge in [-0.25, -0.2) is 4.39 Å². The van der Waals surface area contributed by atoms with Gasteiger partial charge in [-0.3, -0.25) is 4.98 Å². The summed E-state index contributed by atoms with van der Waals surface area (Å²) in [5.41, 5.74) is 0.296. The van der Waals surface area contributed by atoms with E-state index in [1.807, 2.05) is 5.92 Å². The van der Waals surface area contributed by atoms with Gasteiger partial charge in [0.05, 0.1) is 5.69 Å². The summed E-state index contributed by atoms with van der Waals surface area (Å²) in [5, 5.41) is 0. The third-order valence-electron chi connectivity index (χ3n) is 1.09. The Labute approximate surface area is 58.9 Å². The van der Waals surface area contributed by atoms with E-state index in [0.29, 0.717) is 5.69 Å². The van der Waals surface area contributed by atoms with Crippen molar-refractivity contribution in [2.45, 2.75) is 6.17 Å². The molecule has 0 spiro atoms. The molecule has 10 heavy (non-hydrogen) atoms. The molecule has 1 aromatic rings. The molecular weight excluding hydrogens is 129 g/mol. The molecule has 0 N–H and O–H groups in total. The summed E-state index contributed by atoms with van der Waals surface area (Å²) >= 11 is 0. The van der Waals surface area contributed by atoms with Crippen LogP contribution in [0.5, 0.6) is 0 Å². The minimum absolute atomic E-state index is 0.296. The van der Waals surface area contributed by atoms with Crippen LogP contribution in [0, 0.1) is 12.3 Å². The van der Waals surface area contributed by atoms with Crippen molar-refractivity contribution in [1.82, 2.24) is 4.98 Å². The fourth-order valence-electron chi connectivity index (χ4n) is 0.611. The van der Waals surface area contributed by atoms with Crippen LogP contribution < -0.4 is 0 Å². The van der Waals surface area contributed by atoms with Crippen molar-refractivity contribution in [3.05, 3.63) is 30.1 Å². The van der Waals surface area contributed by atoms with Gasteiger partial charge in [-0.1, -0.05) is 12.0 Å². The molecule has 1 nitrogen and oxygen atoms in total. The molecule has 0 saturated carbocycles. The van der Waals surface area contributed by atoms with Gasteiger partial charge in [0.25, 0.3) is 0 Å². The van der Waals surface area contributed by atoms with E-state index < -0.39 is 6.17 Å². The topological polar surface area (TPSA) is 12.9 Å². The van der Waals surface area contributed by atoms with Gasteiger partial charge in [0, 0.05) is 6.20 Å². The maximum Gasteiger partial charge on any atom is 0.202 e. The van der Waals surface area contributed by atoms with Crippen molar-refractivity contribution in [2.75, 3.05) is 0 Å². The van der Waals surface area contributed by atoms with Crippen molar-refractivity contribution >= 4 is 0 Å². The van der Waals surface area contributed by atoms with E-state index in [2.05, 4.69) is 4.98 Å². The summed E-state index contributed by atoms with van der Waals surface area (Å²) in [4.78, 5) is 3.73. The highest BCUT2D eigenvalue weighted by molar-refractivity contribution is 5.14. The zero-order chi connectivity index (χ0) is 7.40. The molecule has 1 atom stereocenters. The van der Waals surface area contributed by atoms with Gasteiger partial charge < -0.3 is 0 Å². The van der Waals surface area contributed by atoms with Crippen LogP contribution in [0.1, 0.15) is 11.9 Å². The Morgan fingerprint density at radius 2 is 2.40 bits per heavy atom. The predicted molar refractivity (Wildman–Crippen MR) is 36.9 cm³/mol. The number of pyridine rings is 1. The normalized spacial score (nSPS) is 12.0. The first-order chi connectivity index (χ1) is 4.84. The first kappa shape index (κ1) is 6.76. The third kappa shape index (κ3) is 1.32. The molecule has 0 aliphatic carbocycles. The molecule has 1 rings (SSSR count). The second-order valence-electron chi connectivity index (χ2n) is 1.78. The minimum Gasteiger partial charge on any atom is -0.257 e. The summed E-state index contributed by atoms with van der Waals surface area (Å²) < 4.78 is 12.6. The van der Waals surface area contributed by atoms with E-state index in [4.69, 9.17) is 6.42 Å². The SMILES string of the molecule is C#CC(F)c1ccccn1. The zero-order valence-corrected chi connectivity index (χ0v) is 5.29. The first-order valence-corrected chi connectivity index (χ1v) is 2.85. The van der Waals surface area contributed by atoms with Gasteiger partial charge in [-0.05, 0) is 12.1 Å². The van der Waals surface area contributed by atoms with Crippen molar-refractivity contribution in [2.24, 2.45) is 0 Å². The van der Waals surface area contributed by atoms with Crippen LogP contribution in [0.2, 0.25) is 0 Å². The van der Waals surface area contributed by atoms with E-state index in [9.17, 15) is 4.39 Å². The van der Waals surface area contributed by atoms with Crippen LogP contribution in [0.25, 0.3) is 0 Å². The van der Waals surface area contributed by atoms with Gasteiger partial charge in [-0.15, -0.1) is 6.42 Å². The Morgan fingerprint density at radius 1 is 1.60 bits per heavy atom. The minimum atomic E-state index is -1.37. The Balaban J connectivity index is 2.88. The lowest BCUT2D eigenvalue weighted by molar-refractivity contribution is 0.419. The molecule has 0 aliphatic rings. The zero-order valence-electron chi connectivity index (χ0n) is 5.29. The van der Waals surface area contributed by atoms with Crippen LogP contribution in [0.3, 0.4) is 0 Å². The van der Waals surface area contributed by atoms with Gasteiger partial charge in [0.2, 0.25) is 6.17 Å². The average Bonchev–Trinajstić information content (AvgIpc) is 2.05. The average molecular weight is 135 g/mol. The standard InChI is InChI=1S/C8H6FN/c1-2-7(9)8-5-3-4-6-10-8/h1,3-7H. The fraction of sp³-hybridized carbons (Fsp3) is 0.125. The van der Waals surface area contributed by atoms with Gasteiger partial charge in [-0.2, -0.15) is 0 Å². The van der Waals surface area contributed by atoms with Crippen LogP contribution in [0.15, 0.2) is 24.4 Å². The molecule has 0 radical (unpaired) electrons. The van der Waals surface area contributed by atoms with Gasteiger partial charge >= 0.3 is 0 Å². The maximum atomic E-state index is 12.6. The third-order valence-corrected chi connectivity index (χ3v) is 1.09. The predicted octanol–water partition coefficient (Wildman–Crippen LogP) is 1.73. The molecule has 0 bridgehead atoms. The van der Waals surface area contributed by atoms with Crippen molar-refractivity contribution in [3.8, 4) is 12.3 Å². The highest BCUT2D eigenvalue weighted by atomic mass is 19.1. The Morgan fingerprint density at radius 3 is 2.90 bits per heavy atom. The number of halogens is 1. The van der Waals surface area contributed by atoms with Gasteiger partial charge in [0.15, 0.2) is 0 Å². The number of hydrogen-bond donors (Lipinski definition) is 0. The number of nitrogens with zero attached hydrogens (tertiary/aromatic N) is 1. The largest absolute Gasteiger partial charge is 0.257 e. The van der Waals surface area contributed by atoms with E-state index in [0.717, 1.165) is 0 Å². The van der Waals surface area contributed by atoms with E-state index >= 15 is 0 Å². The molecule has 2 heteroatoms. The quantitative estimate of drug-likeness (QED) is 0.534. The molecule has 1 aromatic heterocycles. The second-order valence-corrected chi connectivity index (χ2v) is 1.78. The monoisotopic (exact) mass is 135 g/mol. The Hall–Kier alpha value is -1.36. The molecule has 1 unspecified atom stereocenters. The van der Waals surface area contributed by atoms with Crippen molar-refractivity contribution in [3.63, 3.8) is 0 Å². The molecule has 0 aromatic carbocycles. The van der Waals surface area contributed by atoms with Crippen LogP contribution in [-0.2, 0) is 0 Å². The summed E-state index contributed by atoms with van der Waals surface area (Å²) in [7, 11) is 0. The lowest BCUT2D eigenvalue weighted by Crippen LogP contribution is -1.89. The number of hydrogen-bond acceptors (Lipinski definition) is 1. The van der Waals surface area contributed by atoms with Crippen LogP contribution in [-0.4, -0.2) is 4.98 Å². The number of alkyl halides is 1. The summed E-state index contributed by atoms with van der Waals surface area (Å²) in [5.74, 6) is 1.95. The highest BCUT2D eigenvalue weighted by Gasteiger charge is 2.03. The Kier molecular flexibility index (Phi) is 2.01. The van der Waals surface area contributed by atoms with Gasteiger partial charge in [0.1, 0.15) is 0 Å². The van der Waals surface area contributed by atoms with Crippen LogP contribution >= 0.6 is 0 Å². The summed E-state index contributed by atoms with van der Waals surface area (Å²) in [6.45, 7) is 0. The number of aromatic nitrogens is 1. The molecule has 0 fully saturated rings. The molecular formula is C8H6FN. The van der Waals surface area contributed by atoms with Crippen molar-refractivity contribution < 1.29 is 4.39 Å². The van der Waals surface area contributed by atoms with Crippen LogP contribution in [0.4, 0.5) is 4.39 Å². The first-order valence-electron chi connectivity index (χ1n) is 2.85. The number of terminal acetylenes is 1. The lowest BCUT2D eigenvalue weighted by Gasteiger charge is -1.96. The maximum absolute atomic E-state index is 12.6. The molecule has 50 valence electrons. The molecule has 1 heterocycles. The highest BCUT2D eigenvalue weighted by Crippen LogP contribution is 2.11. The number of rotatable bonds is 1. The summed E-state index contributed by atoms with van der Waals surface area (Å²) in [6.07, 6.45) is 4.98. The smallest absolute Gasteiger partial charge is 0.202 e. The van der Waals surface area contributed by atoms with E-state index in [1.54, 1.807) is 18.2 Å². The Bertz CT molecular complexity index is 237. The molecule has 0 saturated heterocycles.